The van der Waals surface area contributed by atoms with Gasteiger partial charge in [-0.05, 0) is 32.9 Å². The summed E-state index contributed by atoms with van der Waals surface area (Å²) in [5, 5.41) is 8.94. The molecule has 1 aliphatic rings. The maximum Gasteiger partial charge on any atom is 0.223 e. The first-order valence-corrected chi connectivity index (χ1v) is 5.76. The number of piperidine rings is 1. The topological polar surface area (TPSA) is 70.1 Å². The van der Waals surface area contributed by atoms with Crippen LogP contribution >= 0.6 is 0 Å². The lowest BCUT2D eigenvalue weighted by Crippen LogP contribution is -2.44. The van der Waals surface area contributed by atoms with Crippen molar-refractivity contribution in [3.63, 3.8) is 0 Å². The van der Waals surface area contributed by atoms with E-state index in [9.17, 15) is 4.79 Å². The molecule has 1 fully saturated rings. The molecule has 0 saturated carbocycles. The Balaban J connectivity index is 2.65. The molecule has 16 heavy (non-hydrogen) atoms. The smallest absolute Gasteiger partial charge is 0.223 e. The molecule has 0 aromatic rings. The molecule has 0 aromatic heterocycles. The van der Waals surface area contributed by atoms with Gasteiger partial charge in [-0.25, -0.2) is 0 Å². The van der Waals surface area contributed by atoms with Crippen molar-refractivity contribution in [2.45, 2.75) is 39.2 Å². The lowest BCUT2D eigenvalue weighted by molar-refractivity contribution is -0.127. The van der Waals surface area contributed by atoms with Crippen LogP contribution in [0.15, 0.2) is 0 Å². The molecule has 1 saturated heterocycles. The van der Waals surface area contributed by atoms with Crippen LogP contribution < -0.4 is 5.73 Å². The molecule has 1 amide bonds. The molecular weight excluding hydrogens is 202 g/mol. The van der Waals surface area contributed by atoms with Gasteiger partial charge in [0, 0.05) is 17.4 Å². The second-order valence-corrected chi connectivity index (χ2v) is 5.44. The summed E-state index contributed by atoms with van der Waals surface area (Å²) in [6.45, 7) is 4.68. The number of likely N-dealkylation sites (tertiary alicyclic amines) is 1. The van der Waals surface area contributed by atoms with Crippen molar-refractivity contribution in [2.75, 3.05) is 13.6 Å². The van der Waals surface area contributed by atoms with Gasteiger partial charge in [0.15, 0.2) is 0 Å². The van der Waals surface area contributed by atoms with E-state index in [4.69, 9.17) is 11.0 Å². The third-order valence-corrected chi connectivity index (χ3v) is 3.61. The predicted octanol–water partition coefficient (Wildman–Crippen LogP) is 1.12. The lowest BCUT2D eigenvalue weighted by Gasteiger charge is -2.38. The predicted molar refractivity (Wildman–Crippen MR) is 62.3 cm³/mol. The van der Waals surface area contributed by atoms with Gasteiger partial charge >= 0.3 is 0 Å². The van der Waals surface area contributed by atoms with Crippen molar-refractivity contribution in [3.05, 3.63) is 0 Å². The second-order valence-electron chi connectivity index (χ2n) is 5.44. The van der Waals surface area contributed by atoms with Gasteiger partial charge in [0.1, 0.15) is 0 Å². The van der Waals surface area contributed by atoms with Gasteiger partial charge in [-0.1, -0.05) is 13.8 Å². The molecule has 1 aliphatic heterocycles. The van der Waals surface area contributed by atoms with Gasteiger partial charge in [0.25, 0.3) is 0 Å². The molecule has 0 radical (unpaired) electrons. The number of amides is 1. The highest BCUT2D eigenvalue weighted by Gasteiger charge is 2.34. The number of nitriles is 1. The SMILES string of the molecule is CN1CCC(C#N)C[C@@H]1CC(C)(C)C(N)=O. The van der Waals surface area contributed by atoms with Gasteiger partial charge < -0.3 is 10.6 Å². The molecular formula is C12H21N3O. The third-order valence-electron chi connectivity index (χ3n) is 3.61. The van der Waals surface area contributed by atoms with E-state index in [0.717, 1.165) is 25.8 Å². The highest BCUT2D eigenvalue weighted by atomic mass is 16.1. The standard InChI is InChI=1S/C12H21N3O/c1-12(2,11(14)16)7-10-6-9(8-13)4-5-15(10)3/h9-10H,4-7H2,1-3H3,(H2,14,16)/t9?,10-/m1/s1. The average Bonchev–Trinajstić information content (AvgIpc) is 2.21. The molecule has 2 atom stereocenters. The maximum atomic E-state index is 11.3. The monoisotopic (exact) mass is 223 g/mol. The van der Waals surface area contributed by atoms with Gasteiger partial charge in [0.2, 0.25) is 5.91 Å². The summed E-state index contributed by atoms with van der Waals surface area (Å²) < 4.78 is 0. The minimum Gasteiger partial charge on any atom is -0.369 e. The highest BCUT2D eigenvalue weighted by molar-refractivity contribution is 5.79. The Labute approximate surface area is 97.4 Å². The average molecular weight is 223 g/mol. The summed E-state index contributed by atoms with van der Waals surface area (Å²) in [5.41, 5.74) is 4.89. The Kier molecular flexibility index (Phi) is 3.93. The van der Waals surface area contributed by atoms with Crippen LogP contribution in [0.2, 0.25) is 0 Å². The molecule has 1 heterocycles. The minimum absolute atomic E-state index is 0.130. The van der Waals surface area contributed by atoms with Gasteiger partial charge in [0.05, 0.1) is 6.07 Å². The largest absolute Gasteiger partial charge is 0.369 e. The number of nitrogens with zero attached hydrogens (tertiary/aromatic N) is 2. The van der Waals surface area contributed by atoms with Crippen LogP contribution in [0.1, 0.15) is 33.1 Å². The summed E-state index contributed by atoms with van der Waals surface area (Å²) >= 11 is 0. The first kappa shape index (κ1) is 13.0. The number of nitrogens with two attached hydrogens (primary N) is 1. The van der Waals surface area contributed by atoms with E-state index in [1.165, 1.54) is 0 Å². The molecule has 1 rings (SSSR count). The molecule has 4 nitrogen and oxygen atoms in total. The number of rotatable bonds is 3. The van der Waals surface area contributed by atoms with E-state index in [0.29, 0.717) is 6.04 Å². The molecule has 4 heteroatoms. The molecule has 90 valence electrons. The zero-order valence-electron chi connectivity index (χ0n) is 10.4. The number of hydrogen-bond donors (Lipinski definition) is 1. The van der Waals surface area contributed by atoms with E-state index in [1.807, 2.05) is 13.8 Å². The van der Waals surface area contributed by atoms with Crippen molar-refractivity contribution in [3.8, 4) is 6.07 Å². The van der Waals surface area contributed by atoms with Crippen LogP contribution in [0.3, 0.4) is 0 Å². The Morgan fingerprint density at radius 2 is 2.25 bits per heavy atom. The summed E-state index contributed by atoms with van der Waals surface area (Å²) in [6, 6.07) is 2.62. The molecule has 0 aliphatic carbocycles. The Morgan fingerprint density at radius 3 is 2.75 bits per heavy atom. The number of hydrogen-bond acceptors (Lipinski definition) is 3. The van der Waals surface area contributed by atoms with Crippen LogP contribution in [0.25, 0.3) is 0 Å². The fourth-order valence-corrected chi connectivity index (χ4v) is 2.21. The van der Waals surface area contributed by atoms with Crippen molar-refractivity contribution < 1.29 is 4.79 Å². The van der Waals surface area contributed by atoms with Gasteiger partial charge in [-0.15, -0.1) is 0 Å². The summed E-state index contributed by atoms with van der Waals surface area (Å²) in [5.74, 6) is -0.134. The third kappa shape index (κ3) is 2.96. The van der Waals surface area contributed by atoms with Crippen LogP contribution in [0.4, 0.5) is 0 Å². The molecule has 0 aromatic carbocycles. The number of primary amides is 1. The molecule has 0 spiro atoms. The first-order valence-electron chi connectivity index (χ1n) is 5.76. The summed E-state index contributed by atoms with van der Waals surface area (Å²) in [4.78, 5) is 13.5. The Morgan fingerprint density at radius 1 is 1.62 bits per heavy atom. The van der Waals surface area contributed by atoms with Gasteiger partial charge in [-0.2, -0.15) is 5.26 Å². The highest BCUT2D eigenvalue weighted by Crippen LogP contribution is 2.30. The molecule has 2 N–H and O–H groups in total. The van der Waals surface area contributed by atoms with E-state index >= 15 is 0 Å². The zero-order chi connectivity index (χ0) is 12.3. The van der Waals surface area contributed by atoms with Crippen molar-refractivity contribution >= 4 is 5.91 Å². The molecule has 1 unspecified atom stereocenters. The normalized spacial score (nSPS) is 27.4. The van der Waals surface area contributed by atoms with Crippen LogP contribution in [0.5, 0.6) is 0 Å². The van der Waals surface area contributed by atoms with E-state index in [2.05, 4.69) is 18.0 Å². The first-order chi connectivity index (χ1) is 7.36. The summed E-state index contributed by atoms with van der Waals surface area (Å²) in [7, 11) is 2.05. The number of carbonyl (C=O) groups excluding carboxylic acids is 1. The van der Waals surface area contributed by atoms with Crippen LogP contribution in [-0.2, 0) is 4.79 Å². The Bertz CT molecular complexity index is 306. The minimum atomic E-state index is -0.490. The second kappa shape index (κ2) is 4.84. The van der Waals surface area contributed by atoms with E-state index in [1.54, 1.807) is 0 Å². The van der Waals surface area contributed by atoms with E-state index in [-0.39, 0.29) is 11.8 Å². The summed E-state index contributed by atoms with van der Waals surface area (Å²) in [6.07, 6.45) is 2.52. The quantitative estimate of drug-likeness (QED) is 0.779. The van der Waals surface area contributed by atoms with Crippen LogP contribution in [-0.4, -0.2) is 30.4 Å². The van der Waals surface area contributed by atoms with Crippen molar-refractivity contribution in [1.29, 1.82) is 5.26 Å². The Hall–Kier alpha value is -1.08. The fraction of sp³-hybridized carbons (Fsp3) is 0.833. The van der Waals surface area contributed by atoms with Crippen molar-refractivity contribution in [2.24, 2.45) is 17.1 Å². The van der Waals surface area contributed by atoms with E-state index < -0.39 is 5.41 Å². The fourth-order valence-electron chi connectivity index (χ4n) is 2.21. The zero-order valence-corrected chi connectivity index (χ0v) is 10.4. The lowest BCUT2D eigenvalue weighted by atomic mass is 9.80. The van der Waals surface area contributed by atoms with Gasteiger partial charge in [-0.3, -0.25) is 4.79 Å². The van der Waals surface area contributed by atoms with Crippen molar-refractivity contribution in [1.82, 2.24) is 4.90 Å². The maximum absolute atomic E-state index is 11.3. The van der Waals surface area contributed by atoms with Crippen LogP contribution in [0, 0.1) is 22.7 Å². The number of carbonyl (C=O) groups is 1. The molecule has 0 bridgehead atoms.